The molecular weight excluding hydrogens is 377 g/mol. The molecule has 1 N–H and O–H groups in total. The van der Waals surface area contributed by atoms with Crippen LogP contribution in [0.4, 0.5) is 10.1 Å². The number of ether oxygens (including phenoxy) is 3. The predicted octanol–water partition coefficient (Wildman–Crippen LogP) is 3.75. The van der Waals surface area contributed by atoms with Crippen molar-refractivity contribution in [2.75, 3.05) is 19.0 Å². The van der Waals surface area contributed by atoms with Crippen LogP contribution in [0.5, 0.6) is 11.5 Å². The first kappa shape index (κ1) is 20.5. The molecule has 0 heterocycles. The molecule has 0 saturated heterocycles. The SMILES string of the molecule is COc1cc(C)ccc1OCC(=O)OC(C)C(=O)Nc1ccc(Cl)cc1F. The summed E-state index contributed by atoms with van der Waals surface area (Å²) in [6, 6.07) is 9.05. The zero-order valence-corrected chi connectivity index (χ0v) is 15.8. The lowest BCUT2D eigenvalue weighted by Crippen LogP contribution is -2.32. The molecule has 0 fully saturated rings. The normalized spacial score (nSPS) is 11.4. The molecule has 8 heteroatoms. The molecule has 1 atom stereocenters. The highest BCUT2D eigenvalue weighted by atomic mass is 35.5. The Labute approximate surface area is 161 Å². The van der Waals surface area contributed by atoms with Gasteiger partial charge in [-0.1, -0.05) is 17.7 Å². The first-order valence-electron chi connectivity index (χ1n) is 8.03. The number of hydrogen-bond donors (Lipinski definition) is 1. The summed E-state index contributed by atoms with van der Waals surface area (Å²) in [6.07, 6.45) is -1.14. The van der Waals surface area contributed by atoms with E-state index < -0.39 is 30.4 Å². The molecule has 144 valence electrons. The second-order valence-corrected chi connectivity index (χ2v) is 6.12. The summed E-state index contributed by atoms with van der Waals surface area (Å²) in [4.78, 5) is 24.0. The smallest absolute Gasteiger partial charge is 0.344 e. The highest BCUT2D eigenvalue weighted by Crippen LogP contribution is 2.27. The van der Waals surface area contributed by atoms with Crippen molar-refractivity contribution in [1.82, 2.24) is 0 Å². The molecule has 0 aromatic heterocycles. The second kappa shape index (κ2) is 9.23. The van der Waals surface area contributed by atoms with Gasteiger partial charge in [-0.15, -0.1) is 0 Å². The maximum absolute atomic E-state index is 13.7. The summed E-state index contributed by atoms with van der Waals surface area (Å²) >= 11 is 5.66. The van der Waals surface area contributed by atoms with Crippen molar-refractivity contribution >= 4 is 29.2 Å². The third kappa shape index (κ3) is 5.86. The number of hydrogen-bond acceptors (Lipinski definition) is 5. The average molecular weight is 396 g/mol. The van der Waals surface area contributed by atoms with Crippen LogP contribution in [0.25, 0.3) is 0 Å². The van der Waals surface area contributed by atoms with Gasteiger partial charge in [-0.05, 0) is 49.7 Å². The molecule has 27 heavy (non-hydrogen) atoms. The lowest BCUT2D eigenvalue weighted by Gasteiger charge is -2.15. The van der Waals surface area contributed by atoms with E-state index >= 15 is 0 Å². The highest BCUT2D eigenvalue weighted by molar-refractivity contribution is 6.30. The Morgan fingerprint density at radius 1 is 1.19 bits per heavy atom. The van der Waals surface area contributed by atoms with Crippen molar-refractivity contribution in [2.24, 2.45) is 0 Å². The fourth-order valence-electron chi connectivity index (χ4n) is 2.14. The van der Waals surface area contributed by atoms with E-state index in [-0.39, 0.29) is 10.7 Å². The number of amides is 1. The molecule has 0 bridgehead atoms. The molecule has 0 radical (unpaired) electrons. The van der Waals surface area contributed by atoms with Crippen LogP contribution >= 0.6 is 11.6 Å². The Morgan fingerprint density at radius 3 is 2.59 bits per heavy atom. The number of halogens is 2. The Kier molecular flexibility index (Phi) is 7.01. The molecular formula is C19H19ClFNO5. The lowest BCUT2D eigenvalue weighted by molar-refractivity contribution is -0.155. The summed E-state index contributed by atoms with van der Waals surface area (Å²) in [6.45, 7) is 2.85. The van der Waals surface area contributed by atoms with Gasteiger partial charge in [-0.3, -0.25) is 4.79 Å². The minimum atomic E-state index is -1.14. The first-order valence-corrected chi connectivity index (χ1v) is 8.40. The predicted molar refractivity (Wildman–Crippen MR) is 98.8 cm³/mol. The summed E-state index contributed by atoms with van der Waals surface area (Å²) < 4.78 is 29.3. The van der Waals surface area contributed by atoms with Crippen LogP contribution in [0.1, 0.15) is 12.5 Å². The van der Waals surface area contributed by atoms with E-state index in [1.165, 1.54) is 26.2 Å². The van der Waals surface area contributed by atoms with Gasteiger partial charge in [0, 0.05) is 5.02 Å². The number of nitrogens with one attached hydrogen (secondary N) is 1. The minimum Gasteiger partial charge on any atom is -0.493 e. The summed E-state index contributed by atoms with van der Waals surface area (Å²) in [5.74, 6) is -1.27. The van der Waals surface area contributed by atoms with E-state index in [4.69, 9.17) is 25.8 Å². The Balaban J connectivity index is 1.88. The Morgan fingerprint density at radius 2 is 1.93 bits per heavy atom. The zero-order chi connectivity index (χ0) is 20.0. The number of anilines is 1. The number of benzene rings is 2. The summed E-state index contributed by atoms with van der Waals surface area (Å²) in [7, 11) is 1.49. The third-order valence-corrected chi connectivity index (χ3v) is 3.77. The second-order valence-electron chi connectivity index (χ2n) is 5.69. The molecule has 0 aliphatic heterocycles. The van der Waals surface area contributed by atoms with Crippen molar-refractivity contribution in [2.45, 2.75) is 20.0 Å². The maximum Gasteiger partial charge on any atom is 0.344 e. The van der Waals surface area contributed by atoms with Crippen molar-refractivity contribution in [3.63, 3.8) is 0 Å². The molecule has 2 rings (SSSR count). The largest absolute Gasteiger partial charge is 0.493 e. The van der Waals surface area contributed by atoms with Gasteiger partial charge >= 0.3 is 5.97 Å². The molecule has 0 aliphatic carbocycles. The van der Waals surface area contributed by atoms with E-state index in [2.05, 4.69) is 5.32 Å². The maximum atomic E-state index is 13.7. The molecule has 6 nitrogen and oxygen atoms in total. The van der Waals surface area contributed by atoms with Gasteiger partial charge in [0.25, 0.3) is 5.91 Å². The van der Waals surface area contributed by atoms with Gasteiger partial charge in [0.2, 0.25) is 0 Å². The van der Waals surface area contributed by atoms with Crippen LogP contribution in [-0.4, -0.2) is 31.7 Å². The van der Waals surface area contributed by atoms with Crippen molar-refractivity contribution < 1.29 is 28.2 Å². The molecule has 0 aliphatic rings. The topological polar surface area (TPSA) is 73.9 Å². The van der Waals surface area contributed by atoms with Gasteiger partial charge < -0.3 is 19.5 Å². The van der Waals surface area contributed by atoms with Gasteiger partial charge in [0.15, 0.2) is 24.2 Å². The van der Waals surface area contributed by atoms with E-state index in [1.807, 2.05) is 6.92 Å². The Hall–Kier alpha value is -2.80. The molecule has 0 spiro atoms. The zero-order valence-electron chi connectivity index (χ0n) is 15.0. The van der Waals surface area contributed by atoms with Gasteiger partial charge in [0.05, 0.1) is 12.8 Å². The average Bonchev–Trinajstić information content (AvgIpc) is 2.62. The highest BCUT2D eigenvalue weighted by Gasteiger charge is 2.20. The fraction of sp³-hybridized carbons (Fsp3) is 0.263. The number of methoxy groups -OCH3 is 1. The molecule has 1 amide bonds. The first-order chi connectivity index (χ1) is 12.8. The van der Waals surface area contributed by atoms with Crippen LogP contribution in [0.2, 0.25) is 5.02 Å². The summed E-state index contributed by atoms with van der Waals surface area (Å²) in [5, 5.41) is 2.53. The quantitative estimate of drug-likeness (QED) is 0.723. The van der Waals surface area contributed by atoms with Crippen LogP contribution < -0.4 is 14.8 Å². The van der Waals surface area contributed by atoms with Gasteiger partial charge in [0.1, 0.15) is 5.82 Å². The molecule has 2 aromatic carbocycles. The molecule has 1 unspecified atom stereocenters. The fourth-order valence-corrected chi connectivity index (χ4v) is 2.30. The van der Waals surface area contributed by atoms with Crippen molar-refractivity contribution in [3.8, 4) is 11.5 Å². The van der Waals surface area contributed by atoms with Gasteiger partial charge in [-0.25, -0.2) is 9.18 Å². The van der Waals surface area contributed by atoms with Crippen molar-refractivity contribution in [1.29, 1.82) is 0 Å². The Bertz CT molecular complexity index is 843. The third-order valence-electron chi connectivity index (χ3n) is 3.53. The number of aryl methyl sites for hydroxylation is 1. The van der Waals surface area contributed by atoms with Crippen LogP contribution in [0, 0.1) is 12.7 Å². The monoisotopic (exact) mass is 395 g/mol. The van der Waals surface area contributed by atoms with E-state index in [0.29, 0.717) is 11.5 Å². The number of esters is 1. The molecule has 0 saturated carbocycles. The van der Waals surface area contributed by atoms with Crippen LogP contribution in [0.3, 0.4) is 0 Å². The van der Waals surface area contributed by atoms with E-state index in [9.17, 15) is 14.0 Å². The minimum absolute atomic E-state index is 0.0621. The van der Waals surface area contributed by atoms with E-state index in [0.717, 1.165) is 11.6 Å². The summed E-state index contributed by atoms with van der Waals surface area (Å²) in [5.41, 5.74) is 0.912. The standard InChI is InChI=1S/C19H19ClFNO5/c1-11-4-7-16(17(8-11)25-3)26-10-18(23)27-12(2)19(24)22-15-6-5-13(20)9-14(15)21/h4-9,12H,10H2,1-3H3,(H,22,24). The van der Waals surface area contributed by atoms with E-state index in [1.54, 1.807) is 18.2 Å². The van der Waals surface area contributed by atoms with Crippen molar-refractivity contribution in [3.05, 3.63) is 52.8 Å². The number of carbonyl (C=O) groups is 2. The molecule has 2 aromatic rings. The lowest BCUT2D eigenvalue weighted by atomic mass is 10.2. The van der Waals surface area contributed by atoms with Crippen LogP contribution in [-0.2, 0) is 14.3 Å². The van der Waals surface area contributed by atoms with Crippen LogP contribution in [0.15, 0.2) is 36.4 Å². The van der Waals surface area contributed by atoms with Gasteiger partial charge in [-0.2, -0.15) is 0 Å². The number of rotatable bonds is 7. The number of carbonyl (C=O) groups excluding carboxylic acids is 2.